The van der Waals surface area contributed by atoms with Crippen molar-refractivity contribution < 1.29 is 17.9 Å². The number of aryl methyl sites for hydroxylation is 1. The minimum atomic E-state index is -3.37. The van der Waals surface area contributed by atoms with Crippen LogP contribution in [0.2, 0.25) is 0 Å². The molecule has 0 heterocycles. The summed E-state index contributed by atoms with van der Waals surface area (Å²) in [5.41, 5.74) is 2.10. The molecule has 21 heavy (non-hydrogen) atoms. The third-order valence-corrected chi connectivity index (χ3v) is 5.37. The normalized spacial score (nSPS) is 16.1. The molecule has 5 heteroatoms. The van der Waals surface area contributed by atoms with Crippen molar-refractivity contribution in [3.05, 3.63) is 28.8 Å². The van der Waals surface area contributed by atoms with Gasteiger partial charge in [-0.3, -0.25) is 0 Å². The van der Waals surface area contributed by atoms with E-state index in [1.54, 1.807) is 0 Å². The molecule has 4 nitrogen and oxygen atoms in total. The van der Waals surface area contributed by atoms with Gasteiger partial charge in [0.2, 0.25) is 0 Å². The first-order valence-electron chi connectivity index (χ1n) is 7.33. The second-order valence-corrected chi connectivity index (χ2v) is 7.63. The van der Waals surface area contributed by atoms with Crippen LogP contribution in [0.15, 0.2) is 17.0 Å². The van der Waals surface area contributed by atoms with E-state index in [9.17, 15) is 13.2 Å². The monoisotopic (exact) mass is 310 g/mol. The Labute approximate surface area is 126 Å². The summed E-state index contributed by atoms with van der Waals surface area (Å²) in [4.78, 5) is 12.2. The Balaban J connectivity index is 2.66. The maximum Gasteiger partial charge on any atom is 0.338 e. The molecule has 0 atom stereocenters. The number of sulfone groups is 1. The summed E-state index contributed by atoms with van der Waals surface area (Å²) in [6.45, 7) is 1.96. The standard InChI is InChI=1S/C16H22O4S/c1-4-11-9-13(12-7-5-6-8-12)15(21(3,18)19)10-14(11)16(17)20-2/h9-10,12H,4-8H2,1-3H3. The van der Waals surface area contributed by atoms with Crippen LogP contribution in [0, 0.1) is 0 Å². The first kappa shape index (κ1) is 16.0. The van der Waals surface area contributed by atoms with Crippen LogP contribution in [0.5, 0.6) is 0 Å². The molecular weight excluding hydrogens is 288 g/mol. The molecule has 1 saturated carbocycles. The van der Waals surface area contributed by atoms with Gasteiger partial charge in [-0.25, -0.2) is 13.2 Å². The fraction of sp³-hybridized carbons (Fsp3) is 0.562. The third kappa shape index (κ3) is 3.28. The van der Waals surface area contributed by atoms with Crippen molar-refractivity contribution in [2.75, 3.05) is 13.4 Å². The number of rotatable bonds is 4. The van der Waals surface area contributed by atoms with Crippen LogP contribution in [0.4, 0.5) is 0 Å². The highest BCUT2D eigenvalue weighted by molar-refractivity contribution is 7.90. The van der Waals surface area contributed by atoms with Crippen molar-refractivity contribution in [2.45, 2.75) is 49.8 Å². The molecule has 1 aromatic rings. The molecule has 0 radical (unpaired) electrons. The van der Waals surface area contributed by atoms with Crippen LogP contribution in [-0.2, 0) is 21.0 Å². The van der Waals surface area contributed by atoms with E-state index in [0.29, 0.717) is 12.0 Å². The molecule has 0 N–H and O–H groups in total. The highest BCUT2D eigenvalue weighted by atomic mass is 32.2. The first-order valence-corrected chi connectivity index (χ1v) is 9.22. The van der Waals surface area contributed by atoms with E-state index >= 15 is 0 Å². The lowest BCUT2D eigenvalue weighted by Crippen LogP contribution is -2.12. The number of esters is 1. The Morgan fingerprint density at radius 3 is 2.38 bits per heavy atom. The second kappa shape index (κ2) is 6.18. The van der Waals surface area contributed by atoms with E-state index in [2.05, 4.69) is 0 Å². The van der Waals surface area contributed by atoms with Gasteiger partial charge in [-0.1, -0.05) is 25.8 Å². The zero-order chi connectivity index (χ0) is 15.6. The Bertz CT molecular complexity index is 640. The maximum absolute atomic E-state index is 12.1. The fourth-order valence-electron chi connectivity index (χ4n) is 3.11. The Hall–Kier alpha value is -1.36. The number of carbonyl (C=O) groups is 1. The number of benzene rings is 1. The smallest absolute Gasteiger partial charge is 0.338 e. The average Bonchev–Trinajstić information content (AvgIpc) is 2.98. The summed E-state index contributed by atoms with van der Waals surface area (Å²) in [5.74, 6) is -0.193. The second-order valence-electron chi connectivity index (χ2n) is 5.65. The molecule has 1 aromatic carbocycles. The Morgan fingerprint density at radius 2 is 1.90 bits per heavy atom. The van der Waals surface area contributed by atoms with E-state index in [0.717, 1.165) is 36.8 Å². The molecule has 1 aliphatic rings. The van der Waals surface area contributed by atoms with Gasteiger partial charge in [0, 0.05) is 6.26 Å². The fourth-order valence-corrected chi connectivity index (χ4v) is 4.10. The molecule has 0 amide bonds. The summed E-state index contributed by atoms with van der Waals surface area (Å²) >= 11 is 0. The predicted octanol–water partition coefficient (Wildman–Crippen LogP) is 3.10. The van der Waals surface area contributed by atoms with Gasteiger partial charge in [-0.15, -0.1) is 0 Å². The highest BCUT2D eigenvalue weighted by Gasteiger charge is 2.26. The van der Waals surface area contributed by atoms with Crippen LogP contribution >= 0.6 is 0 Å². The minimum Gasteiger partial charge on any atom is -0.465 e. The topological polar surface area (TPSA) is 60.4 Å². The largest absolute Gasteiger partial charge is 0.465 e. The van der Waals surface area contributed by atoms with Gasteiger partial charge < -0.3 is 4.74 Å². The van der Waals surface area contributed by atoms with E-state index in [4.69, 9.17) is 4.74 Å². The summed E-state index contributed by atoms with van der Waals surface area (Å²) < 4.78 is 29.0. The van der Waals surface area contributed by atoms with Crippen LogP contribution < -0.4 is 0 Å². The van der Waals surface area contributed by atoms with Crippen LogP contribution in [0.1, 0.15) is 60.0 Å². The zero-order valence-corrected chi connectivity index (χ0v) is 13.6. The van der Waals surface area contributed by atoms with Crippen molar-refractivity contribution in [3.63, 3.8) is 0 Å². The van der Waals surface area contributed by atoms with E-state index < -0.39 is 15.8 Å². The molecule has 2 rings (SSSR count). The molecule has 0 aromatic heterocycles. The van der Waals surface area contributed by atoms with Gasteiger partial charge in [0.15, 0.2) is 9.84 Å². The van der Waals surface area contributed by atoms with Crippen LogP contribution in [-0.4, -0.2) is 27.8 Å². The van der Waals surface area contributed by atoms with Gasteiger partial charge in [-0.2, -0.15) is 0 Å². The third-order valence-electron chi connectivity index (χ3n) is 4.22. The lowest BCUT2D eigenvalue weighted by molar-refractivity contribution is 0.0599. The van der Waals surface area contributed by atoms with Crippen molar-refractivity contribution in [1.29, 1.82) is 0 Å². The quantitative estimate of drug-likeness (QED) is 0.802. The summed E-state index contributed by atoms with van der Waals surface area (Å²) in [7, 11) is -2.06. The first-order chi connectivity index (χ1) is 9.88. The number of carbonyl (C=O) groups excluding carboxylic acids is 1. The van der Waals surface area contributed by atoms with Crippen molar-refractivity contribution in [1.82, 2.24) is 0 Å². The summed E-state index contributed by atoms with van der Waals surface area (Å²) in [6, 6.07) is 3.41. The lowest BCUT2D eigenvalue weighted by atomic mass is 9.92. The Kier molecular flexibility index (Phi) is 4.71. The molecule has 0 aliphatic heterocycles. The van der Waals surface area contributed by atoms with Crippen molar-refractivity contribution in [2.24, 2.45) is 0 Å². The zero-order valence-electron chi connectivity index (χ0n) is 12.8. The summed E-state index contributed by atoms with van der Waals surface area (Å²) in [6.07, 6.45) is 6.18. The molecular formula is C16H22O4S. The predicted molar refractivity (Wildman–Crippen MR) is 81.5 cm³/mol. The Morgan fingerprint density at radius 1 is 1.29 bits per heavy atom. The van der Waals surface area contributed by atoms with E-state index in [1.807, 2.05) is 13.0 Å². The number of hydrogen-bond acceptors (Lipinski definition) is 4. The van der Waals surface area contributed by atoms with Crippen LogP contribution in [0.3, 0.4) is 0 Å². The van der Waals surface area contributed by atoms with Crippen molar-refractivity contribution in [3.8, 4) is 0 Å². The maximum atomic E-state index is 12.1. The van der Waals surface area contributed by atoms with E-state index in [1.165, 1.54) is 19.4 Å². The number of ether oxygens (including phenoxy) is 1. The molecule has 1 aliphatic carbocycles. The van der Waals surface area contributed by atoms with Gasteiger partial charge in [-0.05, 0) is 42.4 Å². The lowest BCUT2D eigenvalue weighted by Gasteiger charge is -2.18. The van der Waals surface area contributed by atoms with E-state index in [-0.39, 0.29) is 10.8 Å². The van der Waals surface area contributed by atoms with Gasteiger partial charge in [0.1, 0.15) is 0 Å². The van der Waals surface area contributed by atoms with Crippen molar-refractivity contribution >= 4 is 15.8 Å². The van der Waals surface area contributed by atoms with Gasteiger partial charge in [0.25, 0.3) is 0 Å². The SMILES string of the molecule is CCc1cc(C2CCCC2)c(S(C)(=O)=O)cc1C(=O)OC. The highest BCUT2D eigenvalue weighted by Crippen LogP contribution is 2.38. The minimum absolute atomic E-state index is 0.284. The molecule has 116 valence electrons. The molecule has 0 saturated heterocycles. The molecule has 0 unspecified atom stereocenters. The molecule has 1 fully saturated rings. The van der Waals surface area contributed by atoms with Gasteiger partial charge in [0.05, 0.1) is 17.6 Å². The summed E-state index contributed by atoms with van der Waals surface area (Å²) in [5, 5.41) is 0. The number of methoxy groups -OCH3 is 1. The average molecular weight is 310 g/mol. The van der Waals surface area contributed by atoms with Crippen LogP contribution in [0.25, 0.3) is 0 Å². The molecule has 0 spiro atoms. The number of hydrogen-bond donors (Lipinski definition) is 0. The van der Waals surface area contributed by atoms with Gasteiger partial charge >= 0.3 is 5.97 Å². The molecule has 0 bridgehead atoms.